The normalized spacial score (nSPS) is 16.8. The van der Waals surface area contributed by atoms with E-state index >= 15 is 0 Å². The third-order valence-electron chi connectivity index (χ3n) is 4.81. The summed E-state index contributed by atoms with van der Waals surface area (Å²) in [6.45, 7) is 8.88. The number of hydrogen-bond acceptors (Lipinski definition) is 3. The van der Waals surface area contributed by atoms with Gasteiger partial charge in [0.15, 0.2) is 5.11 Å². The van der Waals surface area contributed by atoms with Gasteiger partial charge in [-0.25, -0.2) is 0 Å². The molecule has 2 N–H and O–H groups in total. The third kappa shape index (κ3) is 4.24. The molecule has 5 nitrogen and oxygen atoms in total. The summed E-state index contributed by atoms with van der Waals surface area (Å²) in [5, 5.41) is 4.95. The first-order valence-corrected chi connectivity index (χ1v) is 9.66. The minimum absolute atomic E-state index is 0.0564. The SMILES string of the molecule is CCNC(=S)N(Cc1cc2c(C)cc(C)cc2[nH]c1=O)C[C@H]1CCCO1. The van der Waals surface area contributed by atoms with Crippen LogP contribution in [0.25, 0.3) is 10.9 Å². The van der Waals surface area contributed by atoms with E-state index in [-0.39, 0.29) is 11.7 Å². The highest BCUT2D eigenvalue weighted by Gasteiger charge is 2.22. The van der Waals surface area contributed by atoms with Crippen LogP contribution in [0.15, 0.2) is 23.0 Å². The van der Waals surface area contributed by atoms with Crippen LogP contribution in [-0.4, -0.2) is 40.8 Å². The number of aromatic nitrogens is 1. The van der Waals surface area contributed by atoms with Crippen LogP contribution >= 0.6 is 12.2 Å². The van der Waals surface area contributed by atoms with Gasteiger partial charge in [0.05, 0.1) is 12.6 Å². The summed E-state index contributed by atoms with van der Waals surface area (Å²) in [5.74, 6) is 0. The van der Waals surface area contributed by atoms with Crippen LogP contribution in [0.5, 0.6) is 0 Å². The Kier molecular flexibility index (Phi) is 5.94. The Balaban J connectivity index is 1.90. The molecule has 1 aromatic carbocycles. The number of nitrogens with zero attached hydrogens (tertiary/aromatic N) is 1. The van der Waals surface area contributed by atoms with Crippen molar-refractivity contribution in [1.29, 1.82) is 0 Å². The van der Waals surface area contributed by atoms with Gasteiger partial charge in [-0.2, -0.15) is 0 Å². The van der Waals surface area contributed by atoms with E-state index in [1.165, 1.54) is 0 Å². The van der Waals surface area contributed by atoms with E-state index in [0.29, 0.717) is 18.2 Å². The number of aryl methyl sites for hydroxylation is 2. The van der Waals surface area contributed by atoms with Gasteiger partial charge in [0.2, 0.25) is 0 Å². The highest BCUT2D eigenvalue weighted by Crippen LogP contribution is 2.20. The lowest BCUT2D eigenvalue weighted by molar-refractivity contribution is 0.0897. The number of nitrogens with one attached hydrogen (secondary N) is 2. The van der Waals surface area contributed by atoms with Gasteiger partial charge < -0.3 is 19.9 Å². The van der Waals surface area contributed by atoms with Crippen LogP contribution < -0.4 is 10.9 Å². The molecule has 3 rings (SSSR count). The molecule has 1 aliphatic rings. The lowest BCUT2D eigenvalue weighted by atomic mass is 10.0. The number of benzene rings is 1. The maximum atomic E-state index is 12.6. The van der Waals surface area contributed by atoms with Crippen molar-refractivity contribution >= 4 is 28.2 Å². The molecule has 0 aliphatic carbocycles. The molecule has 6 heteroatoms. The Labute approximate surface area is 159 Å². The van der Waals surface area contributed by atoms with Crippen molar-refractivity contribution in [3.63, 3.8) is 0 Å². The van der Waals surface area contributed by atoms with E-state index < -0.39 is 0 Å². The zero-order valence-electron chi connectivity index (χ0n) is 15.7. The summed E-state index contributed by atoms with van der Waals surface area (Å²) < 4.78 is 5.77. The van der Waals surface area contributed by atoms with Crippen molar-refractivity contribution < 1.29 is 4.74 Å². The molecule has 1 aromatic heterocycles. The Bertz CT molecular complexity index is 856. The average molecular weight is 374 g/mol. The number of fused-ring (bicyclic) bond motifs is 1. The van der Waals surface area contributed by atoms with Crippen LogP contribution in [0.2, 0.25) is 0 Å². The van der Waals surface area contributed by atoms with Gasteiger partial charge >= 0.3 is 0 Å². The smallest absolute Gasteiger partial charge is 0.253 e. The molecule has 1 fully saturated rings. The molecule has 0 spiro atoms. The number of rotatable bonds is 5. The molecule has 0 amide bonds. The maximum Gasteiger partial charge on any atom is 0.253 e. The van der Waals surface area contributed by atoms with Crippen LogP contribution in [-0.2, 0) is 11.3 Å². The van der Waals surface area contributed by atoms with E-state index in [4.69, 9.17) is 17.0 Å². The first kappa shape index (κ1) is 18.9. The molecule has 1 saturated heterocycles. The molecule has 1 atom stereocenters. The number of thiocarbonyl (C=S) groups is 1. The fourth-order valence-electron chi connectivity index (χ4n) is 3.56. The number of hydrogen-bond donors (Lipinski definition) is 2. The third-order valence-corrected chi connectivity index (χ3v) is 5.22. The van der Waals surface area contributed by atoms with Gasteiger partial charge in [-0.15, -0.1) is 0 Å². The van der Waals surface area contributed by atoms with E-state index in [2.05, 4.69) is 28.2 Å². The number of pyridine rings is 1. The molecule has 26 heavy (non-hydrogen) atoms. The van der Waals surface area contributed by atoms with Gasteiger partial charge in [0, 0.05) is 36.2 Å². The molecule has 0 saturated carbocycles. The zero-order valence-corrected chi connectivity index (χ0v) is 16.5. The van der Waals surface area contributed by atoms with Gasteiger partial charge in [-0.1, -0.05) is 6.07 Å². The summed E-state index contributed by atoms with van der Waals surface area (Å²) in [7, 11) is 0. The van der Waals surface area contributed by atoms with Crippen molar-refractivity contribution in [3.8, 4) is 0 Å². The standard InChI is InChI=1S/C20H27N3O2S/c1-4-21-20(26)23(12-16-6-5-7-25-16)11-15-10-17-14(3)8-13(2)9-18(17)22-19(15)24/h8-10,16H,4-7,11-12H2,1-3H3,(H,21,26)(H,22,24)/t16-/m1/s1. The summed E-state index contributed by atoms with van der Waals surface area (Å²) in [4.78, 5) is 17.7. The fraction of sp³-hybridized carbons (Fsp3) is 0.500. The van der Waals surface area contributed by atoms with Crippen LogP contribution in [0.1, 0.15) is 36.5 Å². The fourth-order valence-corrected chi connectivity index (χ4v) is 3.84. The molecule has 140 valence electrons. The second-order valence-electron chi connectivity index (χ2n) is 7.02. The lowest BCUT2D eigenvalue weighted by Crippen LogP contribution is -2.43. The quantitative estimate of drug-likeness (QED) is 0.789. The van der Waals surface area contributed by atoms with Gasteiger partial charge in [0.1, 0.15) is 0 Å². The minimum atomic E-state index is -0.0564. The largest absolute Gasteiger partial charge is 0.376 e. The Morgan fingerprint density at radius 3 is 2.88 bits per heavy atom. The second kappa shape index (κ2) is 8.18. The highest BCUT2D eigenvalue weighted by atomic mass is 32.1. The molecule has 0 unspecified atom stereocenters. The molecule has 0 radical (unpaired) electrons. The van der Waals surface area contributed by atoms with Crippen molar-refractivity contribution in [2.24, 2.45) is 0 Å². The first-order valence-electron chi connectivity index (χ1n) is 9.25. The topological polar surface area (TPSA) is 57.4 Å². The van der Waals surface area contributed by atoms with Gasteiger partial charge in [-0.3, -0.25) is 4.79 Å². The summed E-state index contributed by atoms with van der Waals surface area (Å²) in [5.41, 5.74) is 3.86. The Hall–Kier alpha value is -1.92. The summed E-state index contributed by atoms with van der Waals surface area (Å²) in [6, 6.07) is 6.15. The van der Waals surface area contributed by atoms with Crippen molar-refractivity contribution in [3.05, 3.63) is 45.2 Å². The van der Waals surface area contributed by atoms with E-state index in [9.17, 15) is 4.79 Å². The summed E-state index contributed by atoms with van der Waals surface area (Å²) in [6.07, 6.45) is 2.30. The molecule has 0 bridgehead atoms. The lowest BCUT2D eigenvalue weighted by Gasteiger charge is -2.28. The number of aromatic amines is 1. The monoisotopic (exact) mass is 373 g/mol. The molecule has 2 aromatic rings. The van der Waals surface area contributed by atoms with Gasteiger partial charge in [-0.05, 0) is 69.1 Å². The first-order chi connectivity index (χ1) is 12.5. The predicted molar refractivity (Wildman–Crippen MR) is 110 cm³/mol. The molecular formula is C20H27N3O2S. The van der Waals surface area contributed by atoms with E-state index in [1.54, 1.807) is 0 Å². The molecular weight excluding hydrogens is 346 g/mol. The number of H-pyrrole nitrogens is 1. The highest BCUT2D eigenvalue weighted by molar-refractivity contribution is 7.80. The Morgan fingerprint density at radius 2 is 2.19 bits per heavy atom. The number of ether oxygens (including phenoxy) is 1. The maximum absolute atomic E-state index is 12.6. The van der Waals surface area contributed by atoms with Crippen molar-refractivity contribution in [1.82, 2.24) is 15.2 Å². The second-order valence-corrected chi connectivity index (χ2v) is 7.40. The predicted octanol–water partition coefficient (Wildman–Crippen LogP) is 3.02. The van der Waals surface area contributed by atoms with Crippen LogP contribution in [0.4, 0.5) is 0 Å². The average Bonchev–Trinajstić information content (AvgIpc) is 3.08. The van der Waals surface area contributed by atoms with Crippen molar-refractivity contribution in [2.45, 2.75) is 46.3 Å². The minimum Gasteiger partial charge on any atom is -0.376 e. The van der Waals surface area contributed by atoms with Crippen LogP contribution in [0.3, 0.4) is 0 Å². The van der Waals surface area contributed by atoms with E-state index in [1.807, 2.05) is 26.0 Å². The summed E-state index contributed by atoms with van der Waals surface area (Å²) >= 11 is 5.54. The van der Waals surface area contributed by atoms with E-state index in [0.717, 1.165) is 53.6 Å². The zero-order chi connectivity index (χ0) is 18.7. The Morgan fingerprint density at radius 1 is 1.38 bits per heavy atom. The van der Waals surface area contributed by atoms with Gasteiger partial charge in [0.25, 0.3) is 5.56 Å². The molecule has 1 aliphatic heterocycles. The molecule has 2 heterocycles. The van der Waals surface area contributed by atoms with Crippen LogP contribution in [0, 0.1) is 13.8 Å². The van der Waals surface area contributed by atoms with Crippen molar-refractivity contribution in [2.75, 3.05) is 19.7 Å².